The van der Waals surface area contributed by atoms with Crippen LogP contribution in [0.3, 0.4) is 0 Å². The van der Waals surface area contributed by atoms with Crippen LogP contribution in [0.15, 0.2) is 12.1 Å². The van der Waals surface area contributed by atoms with Gasteiger partial charge in [-0.25, -0.2) is 0 Å². The Balaban J connectivity index is 0. The van der Waals surface area contributed by atoms with Gasteiger partial charge in [0.05, 0.1) is 5.95 Å². The Morgan fingerprint density at radius 1 is 1.45 bits per heavy atom. The molecule has 3 heteroatoms. The Morgan fingerprint density at radius 2 is 2.00 bits per heavy atom. The maximum atomic E-state index is 12.0. The van der Waals surface area contributed by atoms with Gasteiger partial charge in [-0.1, -0.05) is 27.0 Å². The van der Waals surface area contributed by atoms with Gasteiger partial charge in [-0.05, 0) is 0 Å². The summed E-state index contributed by atoms with van der Waals surface area (Å²) < 4.78 is 12.0. The van der Waals surface area contributed by atoms with Crippen LogP contribution >= 0.6 is 0 Å². The zero-order chi connectivity index (χ0) is 7.98. The van der Waals surface area contributed by atoms with E-state index in [-0.39, 0.29) is 32.7 Å². The van der Waals surface area contributed by atoms with Crippen molar-refractivity contribution in [3.63, 3.8) is 0 Å². The fourth-order valence-electron chi connectivity index (χ4n) is 0.458. The number of pyridine rings is 1. The van der Waals surface area contributed by atoms with Crippen molar-refractivity contribution in [1.82, 2.24) is 4.98 Å². The molecule has 0 N–H and O–H groups in total. The first-order valence-electron chi connectivity index (χ1n) is 3.29. The molecule has 1 nitrogen and oxygen atoms in total. The van der Waals surface area contributed by atoms with Gasteiger partial charge in [0, 0.05) is 32.7 Å². The summed E-state index contributed by atoms with van der Waals surface area (Å²) in [4.78, 5) is 3.25. The minimum absolute atomic E-state index is 0. The van der Waals surface area contributed by atoms with Crippen LogP contribution < -0.4 is 0 Å². The van der Waals surface area contributed by atoms with Crippen molar-refractivity contribution in [2.45, 2.75) is 20.8 Å². The van der Waals surface area contributed by atoms with Crippen LogP contribution in [0.5, 0.6) is 0 Å². The second-order valence-corrected chi connectivity index (χ2v) is 1.60. The van der Waals surface area contributed by atoms with E-state index in [2.05, 4.69) is 11.2 Å². The number of hydrogen-bond donors (Lipinski definition) is 0. The number of aromatic nitrogens is 1. The Kier molecular flexibility index (Phi) is 10.4. The number of nitrogens with zero attached hydrogens (tertiary/aromatic N) is 1. The second kappa shape index (κ2) is 8.28. The molecule has 11 heavy (non-hydrogen) atoms. The molecule has 1 radical (unpaired) electrons. The first-order chi connectivity index (χ1) is 4.79. The molecular formula is C8H11FNY-. The average Bonchev–Trinajstić information content (AvgIpc) is 1.91. The maximum absolute atomic E-state index is 12.0. The van der Waals surface area contributed by atoms with Crippen molar-refractivity contribution in [3.05, 3.63) is 29.8 Å². The fourth-order valence-corrected chi connectivity index (χ4v) is 0.458. The van der Waals surface area contributed by atoms with Gasteiger partial charge in [-0.15, -0.1) is 6.07 Å². The van der Waals surface area contributed by atoms with E-state index in [0.717, 1.165) is 5.56 Å². The van der Waals surface area contributed by atoms with E-state index in [4.69, 9.17) is 0 Å². The molecule has 1 rings (SSSR count). The van der Waals surface area contributed by atoms with Crippen LogP contribution in [-0.2, 0) is 32.7 Å². The van der Waals surface area contributed by atoms with Crippen LogP contribution in [0, 0.1) is 19.1 Å². The summed E-state index contributed by atoms with van der Waals surface area (Å²) in [5.74, 6) is -0.468. The van der Waals surface area contributed by atoms with Crippen LogP contribution in [0.1, 0.15) is 19.4 Å². The topological polar surface area (TPSA) is 12.9 Å². The maximum Gasteiger partial charge on any atom is 0.0958 e. The number of rotatable bonds is 0. The molecule has 1 aromatic heterocycles. The second-order valence-electron chi connectivity index (χ2n) is 1.60. The molecule has 0 aliphatic rings. The molecule has 0 bridgehead atoms. The normalized spacial score (nSPS) is 7.27. The Hall–Kier alpha value is 0.184. The molecule has 0 amide bonds. The van der Waals surface area contributed by atoms with E-state index in [0.29, 0.717) is 0 Å². The predicted octanol–water partition coefficient (Wildman–Crippen LogP) is 2.35. The molecule has 0 aliphatic heterocycles. The molecule has 0 unspecified atom stereocenters. The Morgan fingerprint density at radius 3 is 2.27 bits per heavy atom. The SMILES string of the molecule is CC.Cc1c[c-]nc(F)c1.[Y]. The number of aryl methyl sites for hydroxylation is 1. The van der Waals surface area contributed by atoms with E-state index < -0.39 is 5.95 Å². The number of halogens is 1. The van der Waals surface area contributed by atoms with Gasteiger partial charge < -0.3 is 4.98 Å². The van der Waals surface area contributed by atoms with Crippen LogP contribution in [-0.4, -0.2) is 4.98 Å². The summed E-state index contributed by atoms with van der Waals surface area (Å²) in [5.41, 5.74) is 0.845. The van der Waals surface area contributed by atoms with Crippen LogP contribution in [0.4, 0.5) is 4.39 Å². The van der Waals surface area contributed by atoms with E-state index in [1.54, 1.807) is 13.0 Å². The molecule has 1 heterocycles. The van der Waals surface area contributed by atoms with Gasteiger partial charge in [-0.3, -0.25) is 4.39 Å². The van der Waals surface area contributed by atoms with Gasteiger partial charge >= 0.3 is 0 Å². The molecule has 0 saturated heterocycles. The van der Waals surface area contributed by atoms with Gasteiger partial charge in [0.1, 0.15) is 0 Å². The number of hydrogen-bond acceptors (Lipinski definition) is 1. The molecule has 0 aliphatic carbocycles. The molecule has 0 spiro atoms. The van der Waals surface area contributed by atoms with Gasteiger partial charge in [0.25, 0.3) is 0 Å². The van der Waals surface area contributed by atoms with Crippen molar-refractivity contribution >= 4 is 0 Å². The fraction of sp³-hybridized carbons (Fsp3) is 0.375. The molecule has 0 fully saturated rings. The van der Waals surface area contributed by atoms with Crippen molar-refractivity contribution in [1.29, 1.82) is 0 Å². The van der Waals surface area contributed by atoms with Gasteiger partial charge in [0.15, 0.2) is 0 Å². The first-order valence-corrected chi connectivity index (χ1v) is 3.29. The van der Waals surface area contributed by atoms with Crippen molar-refractivity contribution in [3.8, 4) is 0 Å². The predicted molar refractivity (Wildman–Crippen MR) is 39.1 cm³/mol. The smallest absolute Gasteiger partial charge is 0.0958 e. The first kappa shape index (κ1) is 13.8. The van der Waals surface area contributed by atoms with Gasteiger partial charge in [-0.2, -0.15) is 11.6 Å². The van der Waals surface area contributed by atoms with E-state index in [1.165, 1.54) is 6.07 Å². The minimum atomic E-state index is -0.468. The summed E-state index contributed by atoms with van der Waals surface area (Å²) in [6.45, 7) is 5.79. The zero-order valence-corrected chi connectivity index (χ0v) is 9.90. The van der Waals surface area contributed by atoms with Crippen LogP contribution in [0.2, 0.25) is 0 Å². The summed E-state index contributed by atoms with van der Waals surface area (Å²) >= 11 is 0. The molecule has 0 saturated carbocycles. The third-order valence-corrected chi connectivity index (χ3v) is 0.810. The summed E-state index contributed by atoms with van der Waals surface area (Å²) in [5, 5.41) is 0. The van der Waals surface area contributed by atoms with Gasteiger partial charge in [0.2, 0.25) is 0 Å². The zero-order valence-electron chi connectivity index (χ0n) is 7.06. The van der Waals surface area contributed by atoms with E-state index in [1.807, 2.05) is 13.8 Å². The molecule has 1 aromatic rings. The monoisotopic (exact) mass is 229 g/mol. The van der Waals surface area contributed by atoms with Crippen LogP contribution in [0.25, 0.3) is 0 Å². The Bertz CT molecular complexity index is 174. The third kappa shape index (κ3) is 6.58. The van der Waals surface area contributed by atoms with Crippen molar-refractivity contribution < 1.29 is 37.1 Å². The minimum Gasteiger partial charge on any atom is -0.361 e. The Labute approximate surface area is 92.3 Å². The van der Waals surface area contributed by atoms with E-state index >= 15 is 0 Å². The average molecular weight is 229 g/mol. The summed E-state index contributed by atoms with van der Waals surface area (Å²) in [7, 11) is 0. The quantitative estimate of drug-likeness (QED) is 0.491. The summed E-state index contributed by atoms with van der Waals surface area (Å²) in [6, 6.07) is 2.99. The third-order valence-electron chi connectivity index (χ3n) is 0.810. The van der Waals surface area contributed by atoms with Crippen molar-refractivity contribution in [2.75, 3.05) is 0 Å². The van der Waals surface area contributed by atoms with E-state index in [9.17, 15) is 4.39 Å². The van der Waals surface area contributed by atoms with Crippen molar-refractivity contribution in [2.24, 2.45) is 0 Å². The molecule has 59 valence electrons. The molecule has 0 atom stereocenters. The molecular weight excluding hydrogens is 218 g/mol. The summed E-state index contributed by atoms with van der Waals surface area (Å²) in [6.07, 6.45) is 2.40. The largest absolute Gasteiger partial charge is 0.361 e. The molecule has 0 aromatic carbocycles. The standard InChI is InChI=1S/C6H5FN.C2H6.Y/c1-5-2-3-8-6(7)4-5;1-2;/h2,4H,1H3;1-2H3;/q-1;;.